The standard InChI is InChI=1S/C19H21N3O3/c1-12-7-14(22-10-19(2,24)11-22)4-6-15(12)20-13-3-5-16-17(8-13)25-9-18(23)21-16/h3-8,20,24H,9-11H2,1-2H3,(H,21,23). The van der Waals surface area contributed by atoms with Crippen LogP contribution < -0.4 is 20.3 Å². The van der Waals surface area contributed by atoms with Crippen molar-refractivity contribution in [1.29, 1.82) is 0 Å². The molecule has 4 rings (SSSR count). The largest absolute Gasteiger partial charge is 0.482 e. The van der Waals surface area contributed by atoms with Crippen LogP contribution in [0.15, 0.2) is 36.4 Å². The number of amides is 1. The van der Waals surface area contributed by atoms with E-state index in [4.69, 9.17) is 4.74 Å². The molecule has 6 heteroatoms. The fourth-order valence-corrected chi connectivity index (χ4v) is 3.25. The Morgan fingerprint density at radius 2 is 2.04 bits per heavy atom. The molecular formula is C19H21N3O3. The summed E-state index contributed by atoms with van der Waals surface area (Å²) in [6, 6.07) is 11.8. The Hall–Kier alpha value is -2.73. The highest BCUT2D eigenvalue weighted by Gasteiger charge is 2.36. The fraction of sp³-hybridized carbons (Fsp3) is 0.316. The van der Waals surface area contributed by atoms with E-state index in [0.29, 0.717) is 24.5 Å². The molecule has 1 fully saturated rings. The van der Waals surface area contributed by atoms with E-state index in [9.17, 15) is 9.90 Å². The third kappa shape index (κ3) is 3.13. The minimum absolute atomic E-state index is 0.0454. The Balaban J connectivity index is 1.50. The molecule has 0 bridgehead atoms. The van der Waals surface area contributed by atoms with Gasteiger partial charge in [0, 0.05) is 36.2 Å². The third-order valence-electron chi connectivity index (χ3n) is 4.53. The molecule has 130 valence electrons. The first-order valence-electron chi connectivity index (χ1n) is 8.31. The monoisotopic (exact) mass is 339 g/mol. The summed E-state index contributed by atoms with van der Waals surface area (Å²) in [7, 11) is 0. The van der Waals surface area contributed by atoms with Crippen molar-refractivity contribution in [2.24, 2.45) is 0 Å². The van der Waals surface area contributed by atoms with Crippen LogP contribution in [0.4, 0.5) is 22.7 Å². The van der Waals surface area contributed by atoms with Crippen LogP contribution in [-0.2, 0) is 4.79 Å². The Labute approximate surface area is 146 Å². The quantitative estimate of drug-likeness (QED) is 0.802. The second-order valence-electron chi connectivity index (χ2n) is 7.03. The summed E-state index contributed by atoms with van der Waals surface area (Å²) in [6.07, 6.45) is 0. The van der Waals surface area contributed by atoms with Gasteiger partial charge in [-0.05, 0) is 49.7 Å². The number of fused-ring (bicyclic) bond motifs is 1. The van der Waals surface area contributed by atoms with Gasteiger partial charge in [-0.3, -0.25) is 4.79 Å². The zero-order valence-corrected chi connectivity index (χ0v) is 14.3. The van der Waals surface area contributed by atoms with E-state index >= 15 is 0 Å². The summed E-state index contributed by atoms with van der Waals surface area (Å²) >= 11 is 0. The minimum Gasteiger partial charge on any atom is -0.482 e. The van der Waals surface area contributed by atoms with Crippen molar-refractivity contribution < 1.29 is 14.6 Å². The molecule has 3 N–H and O–H groups in total. The molecule has 2 aromatic rings. The van der Waals surface area contributed by atoms with Gasteiger partial charge < -0.3 is 25.4 Å². The van der Waals surface area contributed by atoms with Crippen LogP contribution >= 0.6 is 0 Å². The molecule has 0 spiro atoms. The molecule has 1 amide bonds. The average Bonchev–Trinajstić information content (AvgIpc) is 2.54. The van der Waals surface area contributed by atoms with Gasteiger partial charge in [-0.15, -0.1) is 0 Å². The summed E-state index contributed by atoms with van der Waals surface area (Å²) in [6.45, 7) is 5.27. The Kier molecular flexibility index (Phi) is 3.58. The van der Waals surface area contributed by atoms with Crippen LogP contribution in [0.2, 0.25) is 0 Å². The van der Waals surface area contributed by atoms with Crippen molar-refractivity contribution in [3.63, 3.8) is 0 Å². The fourth-order valence-electron chi connectivity index (χ4n) is 3.25. The molecule has 0 aliphatic carbocycles. The first-order valence-corrected chi connectivity index (χ1v) is 8.31. The van der Waals surface area contributed by atoms with E-state index in [1.165, 1.54) is 0 Å². The van der Waals surface area contributed by atoms with Gasteiger partial charge in [0.2, 0.25) is 0 Å². The van der Waals surface area contributed by atoms with Gasteiger partial charge in [-0.1, -0.05) is 0 Å². The van der Waals surface area contributed by atoms with Gasteiger partial charge in [0.25, 0.3) is 5.91 Å². The van der Waals surface area contributed by atoms with E-state index in [1.807, 2.05) is 31.2 Å². The van der Waals surface area contributed by atoms with Gasteiger partial charge >= 0.3 is 0 Å². The smallest absolute Gasteiger partial charge is 0.262 e. The van der Waals surface area contributed by atoms with E-state index in [2.05, 4.69) is 34.6 Å². The predicted molar refractivity (Wildman–Crippen MR) is 97.9 cm³/mol. The number of aliphatic hydroxyl groups is 1. The van der Waals surface area contributed by atoms with Gasteiger partial charge in [-0.25, -0.2) is 0 Å². The molecule has 6 nitrogen and oxygen atoms in total. The summed E-state index contributed by atoms with van der Waals surface area (Å²) in [5.74, 6) is 0.534. The SMILES string of the molecule is Cc1cc(N2CC(C)(O)C2)ccc1Nc1ccc2c(c1)OCC(=O)N2. The summed E-state index contributed by atoms with van der Waals surface area (Å²) in [4.78, 5) is 13.5. The lowest BCUT2D eigenvalue weighted by molar-refractivity contribution is -0.118. The first kappa shape index (κ1) is 15.8. The molecule has 2 heterocycles. The van der Waals surface area contributed by atoms with Crippen LogP contribution in [-0.4, -0.2) is 36.3 Å². The van der Waals surface area contributed by atoms with Crippen molar-refractivity contribution >= 4 is 28.7 Å². The molecule has 25 heavy (non-hydrogen) atoms. The van der Waals surface area contributed by atoms with Crippen molar-refractivity contribution in [2.45, 2.75) is 19.4 Å². The molecule has 2 aromatic carbocycles. The highest BCUT2D eigenvalue weighted by atomic mass is 16.5. The minimum atomic E-state index is -0.580. The number of hydrogen-bond donors (Lipinski definition) is 3. The number of nitrogens with one attached hydrogen (secondary N) is 2. The van der Waals surface area contributed by atoms with Crippen LogP contribution in [0, 0.1) is 6.92 Å². The second kappa shape index (κ2) is 5.67. The molecule has 2 aliphatic heterocycles. The topological polar surface area (TPSA) is 73.8 Å². The maximum Gasteiger partial charge on any atom is 0.262 e. The van der Waals surface area contributed by atoms with Gasteiger partial charge in [-0.2, -0.15) is 0 Å². The highest BCUT2D eigenvalue weighted by molar-refractivity contribution is 5.95. The Morgan fingerprint density at radius 1 is 1.24 bits per heavy atom. The van der Waals surface area contributed by atoms with Crippen molar-refractivity contribution in [1.82, 2.24) is 0 Å². The first-order chi connectivity index (χ1) is 11.9. The molecule has 0 atom stereocenters. The number of benzene rings is 2. The van der Waals surface area contributed by atoms with E-state index < -0.39 is 5.60 Å². The van der Waals surface area contributed by atoms with Crippen LogP contribution in [0.1, 0.15) is 12.5 Å². The van der Waals surface area contributed by atoms with Gasteiger partial charge in [0.15, 0.2) is 6.61 Å². The number of carbonyl (C=O) groups excluding carboxylic acids is 1. The lowest BCUT2D eigenvalue weighted by Gasteiger charge is -2.45. The molecule has 0 radical (unpaired) electrons. The molecule has 0 saturated carbocycles. The molecule has 0 unspecified atom stereocenters. The maximum absolute atomic E-state index is 11.3. The normalized spacial score (nSPS) is 17.9. The number of ether oxygens (including phenoxy) is 1. The average molecular weight is 339 g/mol. The summed E-state index contributed by atoms with van der Waals surface area (Å²) in [5, 5.41) is 16.1. The number of rotatable bonds is 3. The van der Waals surface area contributed by atoms with Crippen molar-refractivity contribution in [3.05, 3.63) is 42.0 Å². The van der Waals surface area contributed by atoms with Gasteiger partial charge in [0.1, 0.15) is 5.75 Å². The predicted octanol–water partition coefficient (Wildman–Crippen LogP) is 2.64. The number of hydrogen-bond acceptors (Lipinski definition) is 5. The van der Waals surface area contributed by atoms with Crippen LogP contribution in [0.5, 0.6) is 5.75 Å². The van der Waals surface area contributed by atoms with Crippen molar-refractivity contribution in [3.8, 4) is 5.75 Å². The Bertz CT molecular complexity index is 840. The number of aryl methyl sites for hydroxylation is 1. The summed E-state index contributed by atoms with van der Waals surface area (Å²) < 4.78 is 5.45. The molecule has 2 aliphatic rings. The van der Waals surface area contributed by atoms with Gasteiger partial charge in [0.05, 0.1) is 11.3 Å². The number of β-amino-alcohol motifs (C(OH)–C–C–N with tert-alkyl or cyclic N) is 1. The number of nitrogens with zero attached hydrogens (tertiary/aromatic N) is 1. The number of carbonyl (C=O) groups is 1. The lowest BCUT2D eigenvalue weighted by atomic mass is 9.95. The zero-order valence-electron chi connectivity index (χ0n) is 14.3. The van der Waals surface area contributed by atoms with E-state index in [0.717, 1.165) is 22.6 Å². The third-order valence-corrected chi connectivity index (χ3v) is 4.53. The maximum atomic E-state index is 11.3. The molecule has 1 saturated heterocycles. The van der Waals surface area contributed by atoms with E-state index in [-0.39, 0.29) is 12.5 Å². The highest BCUT2D eigenvalue weighted by Crippen LogP contribution is 2.34. The number of anilines is 4. The second-order valence-corrected chi connectivity index (χ2v) is 7.03. The molecule has 0 aromatic heterocycles. The van der Waals surface area contributed by atoms with Crippen LogP contribution in [0.25, 0.3) is 0 Å². The lowest BCUT2D eigenvalue weighted by Crippen LogP contribution is -2.60. The molecular weight excluding hydrogens is 318 g/mol. The Morgan fingerprint density at radius 3 is 2.76 bits per heavy atom. The van der Waals surface area contributed by atoms with Crippen LogP contribution in [0.3, 0.4) is 0 Å². The zero-order chi connectivity index (χ0) is 17.6. The van der Waals surface area contributed by atoms with Crippen molar-refractivity contribution in [2.75, 3.05) is 35.2 Å². The van der Waals surface area contributed by atoms with E-state index in [1.54, 1.807) is 0 Å². The summed E-state index contributed by atoms with van der Waals surface area (Å²) in [5.41, 5.74) is 4.26.